The Labute approximate surface area is 113 Å². The summed E-state index contributed by atoms with van der Waals surface area (Å²) in [6, 6.07) is 0. The summed E-state index contributed by atoms with van der Waals surface area (Å²) in [5, 5.41) is 2.87. The van der Waals surface area contributed by atoms with Crippen LogP contribution in [0.25, 0.3) is 0 Å². The van der Waals surface area contributed by atoms with Crippen molar-refractivity contribution in [2.75, 3.05) is 19.6 Å². The molecule has 1 fully saturated rings. The average molecular weight is 264 g/mol. The number of nitrogens with one attached hydrogen (secondary N) is 1. The van der Waals surface area contributed by atoms with Crippen LogP contribution in [0.3, 0.4) is 0 Å². The van der Waals surface area contributed by atoms with Crippen molar-refractivity contribution >= 4 is 11.8 Å². The third kappa shape index (κ3) is 3.16. The molecule has 104 valence electrons. The lowest BCUT2D eigenvalue weighted by Crippen LogP contribution is -2.30. The molecular weight excluding hydrogens is 244 g/mol. The lowest BCUT2D eigenvalue weighted by Gasteiger charge is -2.15. The maximum atomic E-state index is 12.0. The Balaban J connectivity index is 1.74. The smallest absolute Gasteiger partial charge is 0.255 e. The van der Waals surface area contributed by atoms with Crippen molar-refractivity contribution in [1.29, 1.82) is 0 Å². The number of amides is 2. The molecule has 1 saturated heterocycles. The van der Waals surface area contributed by atoms with Gasteiger partial charge in [0.25, 0.3) is 5.91 Å². The second kappa shape index (κ2) is 5.91. The van der Waals surface area contributed by atoms with Gasteiger partial charge in [0.05, 0.1) is 11.8 Å². The molecule has 0 radical (unpaired) electrons. The minimum absolute atomic E-state index is 0.100. The highest BCUT2D eigenvalue weighted by atomic mass is 16.3. The highest BCUT2D eigenvalue weighted by Gasteiger charge is 2.19. The number of likely N-dealkylation sites (tertiary alicyclic amines) is 1. The Hall–Kier alpha value is -1.78. The van der Waals surface area contributed by atoms with Gasteiger partial charge in [-0.15, -0.1) is 0 Å². The van der Waals surface area contributed by atoms with Gasteiger partial charge in [-0.25, -0.2) is 0 Å². The van der Waals surface area contributed by atoms with Crippen molar-refractivity contribution in [1.82, 2.24) is 10.2 Å². The molecule has 1 N–H and O–H groups in total. The van der Waals surface area contributed by atoms with E-state index in [4.69, 9.17) is 4.42 Å². The summed E-state index contributed by atoms with van der Waals surface area (Å²) >= 11 is 0. The third-order valence-corrected chi connectivity index (χ3v) is 3.45. The molecule has 2 heterocycles. The van der Waals surface area contributed by atoms with Crippen LogP contribution in [0.4, 0.5) is 0 Å². The molecule has 19 heavy (non-hydrogen) atoms. The van der Waals surface area contributed by atoms with Crippen LogP contribution in [0.2, 0.25) is 0 Å². The molecule has 1 aromatic rings. The first-order valence-electron chi connectivity index (χ1n) is 6.70. The number of hydrogen-bond donors (Lipinski definition) is 1. The van der Waals surface area contributed by atoms with E-state index in [-0.39, 0.29) is 11.8 Å². The number of furan rings is 1. The molecule has 0 aliphatic carbocycles. The molecule has 1 aliphatic rings. The number of hydrogen-bond acceptors (Lipinski definition) is 3. The fraction of sp³-hybridized carbons (Fsp3) is 0.571. The van der Waals surface area contributed by atoms with Gasteiger partial charge in [0, 0.05) is 31.6 Å². The molecule has 1 aliphatic heterocycles. The molecule has 5 heteroatoms. The van der Waals surface area contributed by atoms with E-state index in [1.165, 1.54) is 0 Å². The van der Waals surface area contributed by atoms with Gasteiger partial charge in [-0.3, -0.25) is 9.59 Å². The number of rotatable bonds is 5. The van der Waals surface area contributed by atoms with Crippen LogP contribution in [0, 0.1) is 13.8 Å². The Morgan fingerprint density at radius 2 is 2.26 bits per heavy atom. The fourth-order valence-corrected chi connectivity index (χ4v) is 2.41. The van der Waals surface area contributed by atoms with Crippen LogP contribution in [-0.4, -0.2) is 36.3 Å². The highest BCUT2D eigenvalue weighted by Crippen LogP contribution is 2.15. The van der Waals surface area contributed by atoms with Crippen LogP contribution in [0.15, 0.2) is 10.7 Å². The first-order valence-corrected chi connectivity index (χ1v) is 6.70. The quantitative estimate of drug-likeness (QED) is 0.822. The number of nitrogens with zero attached hydrogens (tertiary/aromatic N) is 1. The molecule has 0 atom stereocenters. The molecule has 2 rings (SSSR count). The molecule has 5 nitrogen and oxygen atoms in total. The van der Waals surface area contributed by atoms with Crippen molar-refractivity contribution in [3.8, 4) is 0 Å². The largest absolute Gasteiger partial charge is 0.469 e. The monoisotopic (exact) mass is 264 g/mol. The third-order valence-electron chi connectivity index (χ3n) is 3.45. The van der Waals surface area contributed by atoms with E-state index in [2.05, 4.69) is 5.32 Å². The van der Waals surface area contributed by atoms with Crippen LogP contribution in [0.5, 0.6) is 0 Å². The predicted octanol–water partition coefficient (Wildman–Crippen LogP) is 1.64. The Morgan fingerprint density at radius 1 is 1.47 bits per heavy atom. The Bertz CT molecular complexity index is 460. The van der Waals surface area contributed by atoms with Crippen LogP contribution in [0.1, 0.15) is 40.9 Å². The maximum absolute atomic E-state index is 12.0. The molecule has 1 aromatic heterocycles. The summed E-state index contributed by atoms with van der Waals surface area (Å²) in [7, 11) is 0. The first kappa shape index (κ1) is 13.6. The minimum Gasteiger partial charge on any atom is -0.469 e. The summed E-state index contributed by atoms with van der Waals surface area (Å²) in [5.41, 5.74) is 1.47. The zero-order valence-corrected chi connectivity index (χ0v) is 11.5. The SMILES string of the molecule is Cc1coc(C)c1C(=O)NCCCN1CCCC1=O. The van der Waals surface area contributed by atoms with E-state index in [0.717, 1.165) is 31.5 Å². The van der Waals surface area contributed by atoms with Gasteiger partial charge < -0.3 is 14.6 Å². The van der Waals surface area contributed by atoms with Gasteiger partial charge in [0.1, 0.15) is 5.76 Å². The van der Waals surface area contributed by atoms with Crippen LogP contribution in [-0.2, 0) is 4.79 Å². The maximum Gasteiger partial charge on any atom is 0.255 e. The van der Waals surface area contributed by atoms with Crippen molar-refractivity contribution in [2.24, 2.45) is 0 Å². The van der Waals surface area contributed by atoms with Crippen molar-refractivity contribution in [3.05, 3.63) is 23.2 Å². The zero-order chi connectivity index (χ0) is 13.8. The summed E-state index contributed by atoms with van der Waals surface area (Å²) in [4.78, 5) is 25.2. The van der Waals surface area contributed by atoms with E-state index in [9.17, 15) is 9.59 Å². The lowest BCUT2D eigenvalue weighted by atomic mass is 10.1. The standard InChI is InChI=1S/C14H20N2O3/c1-10-9-19-11(2)13(10)14(18)15-6-4-8-16-7-3-5-12(16)17/h9H,3-8H2,1-2H3,(H,15,18). The Morgan fingerprint density at radius 3 is 2.84 bits per heavy atom. The van der Waals surface area contributed by atoms with Crippen molar-refractivity contribution in [3.63, 3.8) is 0 Å². The molecule has 0 spiro atoms. The highest BCUT2D eigenvalue weighted by molar-refractivity contribution is 5.96. The summed E-state index contributed by atoms with van der Waals surface area (Å²) < 4.78 is 5.20. The average Bonchev–Trinajstić information content (AvgIpc) is 2.92. The summed E-state index contributed by atoms with van der Waals surface area (Å²) in [6.07, 6.45) is 4.00. The second-order valence-electron chi connectivity index (χ2n) is 4.94. The van der Waals surface area contributed by atoms with Gasteiger partial charge in [-0.05, 0) is 26.7 Å². The Kier molecular flexibility index (Phi) is 4.24. The topological polar surface area (TPSA) is 62.6 Å². The molecule has 0 aromatic carbocycles. The summed E-state index contributed by atoms with van der Waals surface area (Å²) in [6.45, 7) is 5.79. The zero-order valence-electron chi connectivity index (χ0n) is 11.5. The molecule has 0 unspecified atom stereocenters. The van der Waals surface area contributed by atoms with Crippen LogP contribution < -0.4 is 5.32 Å². The van der Waals surface area contributed by atoms with Crippen molar-refractivity contribution < 1.29 is 14.0 Å². The van der Waals surface area contributed by atoms with Gasteiger partial charge >= 0.3 is 0 Å². The first-order chi connectivity index (χ1) is 9.09. The van der Waals surface area contributed by atoms with Crippen molar-refractivity contribution in [2.45, 2.75) is 33.1 Å². The number of carbonyl (C=O) groups excluding carboxylic acids is 2. The second-order valence-corrected chi connectivity index (χ2v) is 4.94. The van der Waals surface area contributed by atoms with E-state index >= 15 is 0 Å². The van der Waals surface area contributed by atoms with Gasteiger partial charge in [-0.2, -0.15) is 0 Å². The molecule has 0 saturated carbocycles. The van der Waals surface area contributed by atoms with Gasteiger partial charge in [0.15, 0.2) is 0 Å². The predicted molar refractivity (Wildman–Crippen MR) is 70.9 cm³/mol. The minimum atomic E-state index is -0.100. The lowest BCUT2D eigenvalue weighted by molar-refractivity contribution is -0.127. The molecule has 0 bridgehead atoms. The number of aryl methyl sites for hydroxylation is 2. The number of carbonyl (C=O) groups is 2. The normalized spacial score (nSPS) is 15.1. The fourth-order valence-electron chi connectivity index (χ4n) is 2.41. The van der Waals surface area contributed by atoms with E-state index in [0.29, 0.717) is 24.3 Å². The van der Waals surface area contributed by atoms with Crippen LogP contribution >= 0.6 is 0 Å². The van der Waals surface area contributed by atoms with Gasteiger partial charge in [-0.1, -0.05) is 0 Å². The molecule has 2 amide bonds. The molecular formula is C14H20N2O3. The van der Waals surface area contributed by atoms with E-state index in [1.807, 2.05) is 11.8 Å². The van der Waals surface area contributed by atoms with E-state index in [1.54, 1.807) is 13.2 Å². The van der Waals surface area contributed by atoms with Gasteiger partial charge in [0.2, 0.25) is 5.91 Å². The van der Waals surface area contributed by atoms with E-state index < -0.39 is 0 Å². The summed E-state index contributed by atoms with van der Waals surface area (Å²) in [5.74, 6) is 0.772.